The van der Waals surface area contributed by atoms with Gasteiger partial charge in [-0.2, -0.15) is 0 Å². The summed E-state index contributed by atoms with van der Waals surface area (Å²) in [6.45, 7) is 0. The van der Waals surface area contributed by atoms with Crippen LogP contribution in [0.15, 0.2) is 218 Å². The first-order valence-electron chi connectivity index (χ1n) is 19.2. The van der Waals surface area contributed by atoms with E-state index in [0.29, 0.717) is 0 Å². The van der Waals surface area contributed by atoms with E-state index in [2.05, 4.69) is 240 Å². The SMILES string of the molecule is C(=Cc1ccc2cc(N(c3ccccc3)c3cccc4ccccc34)ccc2c1)c1ccc2cc(N(c3ccccc3)c3cccc4ccccc34)ccc2c1. The zero-order valence-electron chi connectivity index (χ0n) is 30.8. The number of hydrogen-bond donors (Lipinski definition) is 0. The van der Waals surface area contributed by atoms with E-state index in [1.165, 1.54) is 54.2 Å². The molecule has 0 aliphatic heterocycles. The van der Waals surface area contributed by atoms with E-state index in [1.54, 1.807) is 0 Å². The van der Waals surface area contributed by atoms with Crippen LogP contribution in [-0.2, 0) is 0 Å². The van der Waals surface area contributed by atoms with Crippen LogP contribution in [0.1, 0.15) is 11.1 Å². The summed E-state index contributed by atoms with van der Waals surface area (Å²) in [6, 6.07) is 78.6. The third-order valence-corrected chi connectivity index (χ3v) is 10.7. The van der Waals surface area contributed by atoms with Crippen LogP contribution < -0.4 is 9.80 Å². The number of benzene rings is 10. The van der Waals surface area contributed by atoms with E-state index in [0.717, 1.165) is 34.1 Å². The molecule has 0 saturated carbocycles. The second-order valence-electron chi connectivity index (χ2n) is 14.3. The molecule has 10 aromatic carbocycles. The van der Waals surface area contributed by atoms with Crippen LogP contribution in [0.4, 0.5) is 34.1 Å². The summed E-state index contributed by atoms with van der Waals surface area (Å²) in [5.74, 6) is 0. The van der Waals surface area contributed by atoms with Crippen LogP contribution in [0.5, 0.6) is 0 Å². The largest absolute Gasteiger partial charge is 0.310 e. The zero-order valence-corrected chi connectivity index (χ0v) is 30.8. The summed E-state index contributed by atoms with van der Waals surface area (Å²) in [7, 11) is 0. The molecule has 0 heterocycles. The minimum atomic E-state index is 1.13. The first-order valence-corrected chi connectivity index (χ1v) is 19.2. The third-order valence-electron chi connectivity index (χ3n) is 10.7. The Labute approximate surface area is 327 Å². The van der Waals surface area contributed by atoms with Crippen molar-refractivity contribution in [3.05, 3.63) is 230 Å². The van der Waals surface area contributed by atoms with Gasteiger partial charge in [-0.1, -0.05) is 158 Å². The number of fused-ring (bicyclic) bond motifs is 4. The van der Waals surface area contributed by atoms with Gasteiger partial charge >= 0.3 is 0 Å². The van der Waals surface area contributed by atoms with Crippen molar-refractivity contribution in [2.45, 2.75) is 0 Å². The maximum absolute atomic E-state index is 2.36. The maximum atomic E-state index is 2.36. The summed E-state index contributed by atoms with van der Waals surface area (Å²) in [4.78, 5) is 4.72. The monoisotopic (exact) mass is 714 g/mol. The summed E-state index contributed by atoms with van der Waals surface area (Å²) in [5, 5.41) is 9.74. The van der Waals surface area contributed by atoms with Gasteiger partial charge in [-0.15, -0.1) is 0 Å². The molecule has 0 bridgehead atoms. The van der Waals surface area contributed by atoms with Gasteiger partial charge in [0.25, 0.3) is 0 Å². The first kappa shape index (κ1) is 33.2. The molecule has 56 heavy (non-hydrogen) atoms. The molecular formula is C54H38N2. The van der Waals surface area contributed by atoms with Crippen LogP contribution in [-0.4, -0.2) is 0 Å². The molecule has 2 heteroatoms. The van der Waals surface area contributed by atoms with Gasteiger partial charge in [-0.3, -0.25) is 0 Å². The number of anilines is 6. The lowest BCUT2D eigenvalue weighted by atomic mass is 10.0. The van der Waals surface area contributed by atoms with Crippen LogP contribution in [0.25, 0.3) is 55.2 Å². The second kappa shape index (κ2) is 14.4. The second-order valence-corrected chi connectivity index (χ2v) is 14.3. The van der Waals surface area contributed by atoms with Crippen molar-refractivity contribution in [3.63, 3.8) is 0 Å². The minimum Gasteiger partial charge on any atom is -0.310 e. The molecule has 264 valence electrons. The van der Waals surface area contributed by atoms with Crippen LogP contribution >= 0.6 is 0 Å². The fourth-order valence-electron chi connectivity index (χ4n) is 8.00. The van der Waals surface area contributed by atoms with Crippen molar-refractivity contribution in [2.24, 2.45) is 0 Å². The molecule has 0 aromatic heterocycles. The Morgan fingerprint density at radius 2 is 0.625 bits per heavy atom. The average Bonchev–Trinajstić information content (AvgIpc) is 3.27. The normalized spacial score (nSPS) is 11.5. The van der Waals surface area contributed by atoms with E-state index < -0.39 is 0 Å². The van der Waals surface area contributed by atoms with Gasteiger partial charge in [0.05, 0.1) is 11.4 Å². The lowest BCUT2D eigenvalue weighted by Crippen LogP contribution is -2.10. The zero-order chi connectivity index (χ0) is 37.3. The molecule has 0 radical (unpaired) electrons. The third kappa shape index (κ3) is 6.34. The predicted molar refractivity (Wildman–Crippen MR) is 241 cm³/mol. The van der Waals surface area contributed by atoms with Gasteiger partial charge in [-0.05, 0) is 116 Å². The van der Waals surface area contributed by atoms with Crippen LogP contribution in [0, 0.1) is 0 Å². The van der Waals surface area contributed by atoms with Gasteiger partial charge in [0.15, 0.2) is 0 Å². The smallest absolute Gasteiger partial charge is 0.0540 e. The fourth-order valence-corrected chi connectivity index (χ4v) is 8.00. The lowest BCUT2D eigenvalue weighted by molar-refractivity contribution is 1.30. The quantitative estimate of drug-likeness (QED) is 0.145. The molecule has 10 aromatic rings. The summed E-state index contributed by atoms with van der Waals surface area (Å²) in [6.07, 6.45) is 4.43. The number of para-hydroxylation sites is 2. The van der Waals surface area contributed by atoms with Crippen molar-refractivity contribution in [1.82, 2.24) is 0 Å². The number of nitrogens with zero attached hydrogens (tertiary/aromatic N) is 2. The van der Waals surface area contributed by atoms with Gasteiger partial charge in [0.1, 0.15) is 0 Å². The molecule has 0 N–H and O–H groups in total. The summed E-state index contributed by atoms with van der Waals surface area (Å²) >= 11 is 0. The Kier molecular flexibility index (Phi) is 8.55. The van der Waals surface area contributed by atoms with Gasteiger partial charge < -0.3 is 9.80 Å². The number of hydrogen-bond acceptors (Lipinski definition) is 2. The van der Waals surface area contributed by atoms with Crippen LogP contribution in [0.3, 0.4) is 0 Å². The van der Waals surface area contributed by atoms with E-state index in [-0.39, 0.29) is 0 Å². The Bertz CT molecular complexity index is 2820. The lowest BCUT2D eigenvalue weighted by Gasteiger charge is -2.27. The maximum Gasteiger partial charge on any atom is 0.0540 e. The summed E-state index contributed by atoms with van der Waals surface area (Å²) < 4.78 is 0. The predicted octanol–water partition coefficient (Wildman–Crippen LogP) is 15.4. The van der Waals surface area contributed by atoms with Crippen molar-refractivity contribution in [2.75, 3.05) is 9.80 Å². The van der Waals surface area contributed by atoms with E-state index in [4.69, 9.17) is 0 Å². The average molecular weight is 715 g/mol. The Hall–Kier alpha value is -7.42. The van der Waals surface area contributed by atoms with Crippen molar-refractivity contribution in [1.29, 1.82) is 0 Å². The first-order chi connectivity index (χ1) is 27.7. The van der Waals surface area contributed by atoms with Crippen molar-refractivity contribution < 1.29 is 0 Å². The standard InChI is InChI=1S/C54H38N2/c1-3-17-47(18-4-1)55(53-23-11-15-41-13-7-9-21-51(41)53)49-33-31-43-35-39(27-29-45(43)37-49)25-26-40-28-30-46-38-50(34-32-44(46)36-40)56(48-19-5-2-6-20-48)54-24-12-16-42-14-8-10-22-52(42)54/h1-38H. The molecule has 2 nitrogen and oxygen atoms in total. The molecule has 0 amide bonds. The van der Waals surface area contributed by atoms with Crippen LogP contribution in [0.2, 0.25) is 0 Å². The fraction of sp³-hybridized carbons (Fsp3) is 0. The molecule has 0 unspecified atom stereocenters. The molecule has 0 saturated heterocycles. The highest BCUT2D eigenvalue weighted by Gasteiger charge is 2.17. The molecular weight excluding hydrogens is 677 g/mol. The minimum absolute atomic E-state index is 1.13. The highest BCUT2D eigenvalue weighted by Crippen LogP contribution is 2.41. The van der Waals surface area contributed by atoms with Crippen molar-refractivity contribution >= 4 is 89.4 Å². The van der Waals surface area contributed by atoms with Gasteiger partial charge in [0.2, 0.25) is 0 Å². The molecule has 0 atom stereocenters. The van der Waals surface area contributed by atoms with E-state index in [9.17, 15) is 0 Å². The topological polar surface area (TPSA) is 6.48 Å². The van der Waals surface area contributed by atoms with Gasteiger partial charge in [0, 0.05) is 33.5 Å². The molecule has 10 rings (SSSR count). The Morgan fingerprint density at radius 1 is 0.250 bits per heavy atom. The molecule has 0 aliphatic rings. The molecule has 0 fully saturated rings. The Balaban J connectivity index is 0.947. The highest BCUT2D eigenvalue weighted by atomic mass is 15.1. The van der Waals surface area contributed by atoms with E-state index in [1.807, 2.05) is 0 Å². The Morgan fingerprint density at radius 3 is 1.09 bits per heavy atom. The summed E-state index contributed by atoms with van der Waals surface area (Å²) in [5.41, 5.74) is 9.20. The van der Waals surface area contributed by atoms with E-state index >= 15 is 0 Å². The molecule has 0 spiro atoms. The molecule has 0 aliphatic carbocycles. The van der Waals surface area contributed by atoms with Crippen molar-refractivity contribution in [3.8, 4) is 0 Å². The van der Waals surface area contributed by atoms with Gasteiger partial charge in [-0.25, -0.2) is 0 Å². The number of rotatable bonds is 8. The highest BCUT2D eigenvalue weighted by molar-refractivity contribution is 6.02.